The first-order chi connectivity index (χ1) is 14.9. The van der Waals surface area contributed by atoms with E-state index in [1.165, 1.54) is 18.3 Å². The first kappa shape index (κ1) is 22.0. The molecule has 1 heterocycles. The van der Waals surface area contributed by atoms with Crippen molar-refractivity contribution in [2.45, 2.75) is 32.9 Å². The summed E-state index contributed by atoms with van der Waals surface area (Å²) in [5.41, 5.74) is 3.19. The first-order valence-corrected chi connectivity index (χ1v) is 10.5. The van der Waals surface area contributed by atoms with Crippen LogP contribution in [0.2, 0.25) is 0 Å². The van der Waals surface area contributed by atoms with Crippen LogP contribution in [0.15, 0.2) is 53.9 Å². The summed E-state index contributed by atoms with van der Waals surface area (Å²) in [5, 5.41) is 16.8. The lowest BCUT2D eigenvalue weighted by molar-refractivity contribution is -0.122. The second-order valence-electron chi connectivity index (χ2n) is 6.97. The first-order valence-electron chi connectivity index (χ1n) is 9.66. The van der Waals surface area contributed by atoms with Gasteiger partial charge in [0.25, 0.3) is 5.91 Å². The average Bonchev–Trinajstić information content (AvgIpc) is 3.22. The molecule has 0 aliphatic rings. The maximum absolute atomic E-state index is 12.4. The Kier molecular flexibility index (Phi) is 7.00. The summed E-state index contributed by atoms with van der Waals surface area (Å²) in [5.74, 6) is 0.119. The van der Waals surface area contributed by atoms with Crippen LogP contribution in [-0.2, 0) is 9.59 Å². The molecule has 8 heteroatoms. The third kappa shape index (κ3) is 5.90. The number of ether oxygens (including phenoxy) is 1. The molecular weight excluding hydrogens is 412 g/mol. The Labute approximate surface area is 184 Å². The molecule has 3 aromatic rings. The molecule has 2 amide bonds. The van der Waals surface area contributed by atoms with Crippen molar-refractivity contribution in [3.05, 3.63) is 65.0 Å². The van der Waals surface area contributed by atoms with Gasteiger partial charge in [-0.3, -0.25) is 14.9 Å². The molecule has 3 rings (SSSR count). The number of rotatable bonds is 7. The van der Waals surface area contributed by atoms with Crippen LogP contribution in [0.1, 0.15) is 37.9 Å². The fraction of sp³-hybridized carbons (Fsp3) is 0.217. The number of carbonyl (C=O) groups is 2. The summed E-state index contributed by atoms with van der Waals surface area (Å²) in [4.78, 5) is 28.1. The highest BCUT2D eigenvalue weighted by molar-refractivity contribution is 7.14. The van der Waals surface area contributed by atoms with Crippen molar-refractivity contribution in [1.29, 1.82) is 5.26 Å². The van der Waals surface area contributed by atoms with Crippen LogP contribution in [0.3, 0.4) is 0 Å². The van der Waals surface area contributed by atoms with E-state index >= 15 is 0 Å². The van der Waals surface area contributed by atoms with Gasteiger partial charge >= 0.3 is 0 Å². The molecule has 1 aromatic heterocycles. The molecule has 0 aliphatic heterocycles. The van der Waals surface area contributed by atoms with Crippen molar-refractivity contribution >= 4 is 28.3 Å². The van der Waals surface area contributed by atoms with Crippen LogP contribution in [0.4, 0.5) is 5.13 Å². The Morgan fingerprint density at radius 3 is 2.39 bits per heavy atom. The predicted octanol–water partition coefficient (Wildman–Crippen LogP) is 4.28. The molecule has 0 aliphatic carbocycles. The van der Waals surface area contributed by atoms with Gasteiger partial charge in [0.15, 0.2) is 11.2 Å². The highest BCUT2D eigenvalue weighted by atomic mass is 32.1. The number of nitrogens with zero attached hydrogens (tertiary/aromatic N) is 2. The molecule has 0 saturated carbocycles. The van der Waals surface area contributed by atoms with Crippen LogP contribution in [0.25, 0.3) is 11.3 Å². The second-order valence-corrected chi connectivity index (χ2v) is 7.83. The lowest BCUT2D eigenvalue weighted by Crippen LogP contribution is -2.30. The zero-order chi connectivity index (χ0) is 22.4. The molecule has 31 heavy (non-hydrogen) atoms. The quantitative estimate of drug-likeness (QED) is 0.577. The van der Waals surface area contributed by atoms with Gasteiger partial charge in [-0.15, -0.1) is 11.3 Å². The summed E-state index contributed by atoms with van der Waals surface area (Å²) in [6.45, 7) is 5.07. The third-order valence-corrected chi connectivity index (χ3v) is 5.28. The van der Waals surface area contributed by atoms with E-state index in [9.17, 15) is 9.59 Å². The van der Waals surface area contributed by atoms with E-state index in [1.807, 2.05) is 42.6 Å². The molecular formula is C23H22N4O3S. The van der Waals surface area contributed by atoms with Gasteiger partial charge < -0.3 is 10.1 Å². The van der Waals surface area contributed by atoms with E-state index in [0.717, 1.165) is 16.8 Å². The fourth-order valence-electron chi connectivity index (χ4n) is 2.87. The number of hydrogen-bond acceptors (Lipinski definition) is 6. The lowest BCUT2D eigenvalue weighted by atomic mass is 10.1. The number of nitrogens with one attached hydrogen (secondary N) is 2. The fourth-order valence-corrected chi connectivity index (χ4v) is 3.59. The molecule has 0 radical (unpaired) electrons. The average molecular weight is 435 g/mol. The van der Waals surface area contributed by atoms with Gasteiger partial charge in [-0.05, 0) is 43.7 Å². The third-order valence-electron chi connectivity index (χ3n) is 4.53. The maximum Gasteiger partial charge on any atom is 0.266 e. The number of hydrogen-bond donors (Lipinski definition) is 2. The molecule has 158 valence electrons. The summed E-state index contributed by atoms with van der Waals surface area (Å²) in [6, 6.07) is 16.3. The second kappa shape index (κ2) is 9.87. The molecule has 2 N–H and O–H groups in total. The minimum atomic E-state index is -0.727. The smallest absolute Gasteiger partial charge is 0.266 e. The van der Waals surface area contributed by atoms with E-state index in [1.54, 1.807) is 31.2 Å². The van der Waals surface area contributed by atoms with Crippen molar-refractivity contribution < 1.29 is 14.3 Å². The Hall–Kier alpha value is -3.70. The van der Waals surface area contributed by atoms with Crippen LogP contribution in [0.5, 0.6) is 5.75 Å². The number of amides is 2. The standard InChI is InChI=1S/C23H22N4O3S/c1-14(25-16(3)28)18-6-8-19(9-7-18)21-13-31-23(26-21)27-22(29)15(2)30-20-10-4-17(12-24)5-11-20/h4-11,13-15H,1-3H3,(H,25,28)(H,26,27,29). The monoisotopic (exact) mass is 434 g/mol. The topological polar surface area (TPSA) is 104 Å². The van der Waals surface area contributed by atoms with Gasteiger partial charge in [-0.2, -0.15) is 5.26 Å². The number of benzene rings is 2. The Bertz CT molecular complexity index is 1100. The van der Waals surface area contributed by atoms with Crippen molar-refractivity contribution in [3.8, 4) is 23.1 Å². The Balaban J connectivity index is 1.60. The molecule has 0 bridgehead atoms. The van der Waals surface area contributed by atoms with Gasteiger partial charge in [0.2, 0.25) is 5.91 Å². The van der Waals surface area contributed by atoms with Crippen molar-refractivity contribution in [1.82, 2.24) is 10.3 Å². The number of anilines is 1. The summed E-state index contributed by atoms with van der Waals surface area (Å²) < 4.78 is 5.63. The van der Waals surface area contributed by atoms with E-state index in [2.05, 4.69) is 15.6 Å². The molecule has 2 aromatic carbocycles. The highest BCUT2D eigenvalue weighted by Crippen LogP contribution is 2.26. The number of aromatic nitrogens is 1. The van der Waals surface area contributed by atoms with Crippen molar-refractivity contribution in [3.63, 3.8) is 0 Å². The maximum atomic E-state index is 12.4. The predicted molar refractivity (Wildman–Crippen MR) is 120 cm³/mol. The molecule has 0 saturated heterocycles. The largest absolute Gasteiger partial charge is 0.481 e. The summed E-state index contributed by atoms with van der Waals surface area (Å²) in [6.07, 6.45) is -0.727. The van der Waals surface area contributed by atoms with Crippen molar-refractivity contribution in [2.75, 3.05) is 5.32 Å². The van der Waals surface area contributed by atoms with E-state index in [4.69, 9.17) is 10.00 Å². The van der Waals surface area contributed by atoms with Crippen LogP contribution in [0, 0.1) is 11.3 Å². The molecule has 2 atom stereocenters. The molecule has 7 nitrogen and oxygen atoms in total. The van der Waals surface area contributed by atoms with Gasteiger partial charge in [-0.1, -0.05) is 24.3 Å². The summed E-state index contributed by atoms with van der Waals surface area (Å²) in [7, 11) is 0. The minimum Gasteiger partial charge on any atom is -0.481 e. The molecule has 0 spiro atoms. The Morgan fingerprint density at radius 1 is 1.10 bits per heavy atom. The van der Waals surface area contributed by atoms with Crippen LogP contribution in [-0.4, -0.2) is 22.9 Å². The number of nitriles is 1. The minimum absolute atomic E-state index is 0.0746. The van der Waals surface area contributed by atoms with E-state index in [0.29, 0.717) is 16.4 Å². The van der Waals surface area contributed by atoms with Crippen molar-refractivity contribution in [2.24, 2.45) is 0 Å². The molecule has 0 fully saturated rings. The van der Waals surface area contributed by atoms with Crippen LogP contribution >= 0.6 is 11.3 Å². The highest BCUT2D eigenvalue weighted by Gasteiger charge is 2.17. The zero-order valence-corrected chi connectivity index (χ0v) is 18.2. The lowest BCUT2D eigenvalue weighted by Gasteiger charge is -2.13. The number of carbonyl (C=O) groups excluding carboxylic acids is 2. The van der Waals surface area contributed by atoms with E-state index in [-0.39, 0.29) is 17.9 Å². The van der Waals surface area contributed by atoms with Gasteiger partial charge in [0.1, 0.15) is 5.75 Å². The Morgan fingerprint density at radius 2 is 1.77 bits per heavy atom. The van der Waals surface area contributed by atoms with Gasteiger partial charge in [0.05, 0.1) is 23.4 Å². The van der Waals surface area contributed by atoms with Gasteiger partial charge in [-0.25, -0.2) is 4.98 Å². The van der Waals surface area contributed by atoms with Gasteiger partial charge in [0, 0.05) is 17.9 Å². The van der Waals surface area contributed by atoms with Crippen LogP contribution < -0.4 is 15.4 Å². The molecule has 2 unspecified atom stereocenters. The zero-order valence-electron chi connectivity index (χ0n) is 17.4. The number of thiazole rings is 1. The summed E-state index contributed by atoms with van der Waals surface area (Å²) >= 11 is 1.33. The normalized spacial score (nSPS) is 12.3. The SMILES string of the molecule is CC(=O)NC(C)c1ccc(-c2csc(NC(=O)C(C)Oc3ccc(C#N)cc3)n2)cc1. The van der Waals surface area contributed by atoms with E-state index < -0.39 is 6.10 Å².